The number of thiol groups is 1. The second kappa shape index (κ2) is 14.1. The van der Waals surface area contributed by atoms with E-state index in [-0.39, 0.29) is 31.1 Å². The second-order valence-corrected chi connectivity index (χ2v) is 10.5. The van der Waals surface area contributed by atoms with Crippen LogP contribution in [-0.4, -0.2) is 70.0 Å². The number of phenols is 1. The summed E-state index contributed by atoms with van der Waals surface area (Å²) in [7, 11) is 0. The fraction of sp³-hybridized carbons (Fsp3) is 0.615. The lowest BCUT2D eigenvalue weighted by molar-refractivity contribution is -0.149. The van der Waals surface area contributed by atoms with Gasteiger partial charge in [0.05, 0.1) is 13.0 Å². The standard InChI is InChI=1S/C26H41N3O7S/c1-8-26(6,7)29(23(33)19(16-37)28-24(34)36-25(3,4)5)21(17-10-12-18(30)13-11-17)22(32)27-15-14-20(31)35-9-2/h10-13,19,21,30,37H,8-9,14-16H2,1-7H3,(H,27,32)(H,28,34). The van der Waals surface area contributed by atoms with E-state index in [2.05, 4.69) is 23.3 Å². The summed E-state index contributed by atoms with van der Waals surface area (Å²) in [4.78, 5) is 53.1. The maximum atomic E-state index is 13.9. The molecule has 0 fully saturated rings. The highest BCUT2D eigenvalue weighted by molar-refractivity contribution is 7.80. The van der Waals surface area contributed by atoms with Crippen molar-refractivity contribution in [3.63, 3.8) is 0 Å². The Morgan fingerprint density at radius 1 is 1.05 bits per heavy atom. The van der Waals surface area contributed by atoms with E-state index in [0.717, 1.165) is 0 Å². The first-order valence-electron chi connectivity index (χ1n) is 12.3. The summed E-state index contributed by atoms with van der Waals surface area (Å²) in [5, 5.41) is 15.1. The van der Waals surface area contributed by atoms with Crippen LogP contribution in [0.2, 0.25) is 0 Å². The molecule has 0 aliphatic rings. The molecule has 0 saturated carbocycles. The van der Waals surface area contributed by atoms with E-state index in [1.807, 2.05) is 20.8 Å². The summed E-state index contributed by atoms with van der Waals surface area (Å²) in [6.07, 6.45) is -0.337. The Morgan fingerprint density at radius 2 is 1.65 bits per heavy atom. The molecular weight excluding hydrogens is 498 g/mol. The number of phenolic OH excluding ortho intramolecular Hbond substituents is 1. The van der Waals surface area contributed by atoms with Crippen molar-refractivity contribution in [1.82, 2.24) is 15.5 Å². The second-order valence-electron chi connectivity index (χ2n) is 10.1. The minimum absolute atomic E-state index is 0.00215. The number of amides is 3. The van der Waals surface area contributed by atoms with E-state index in [0.29, 0.717) is 12.0 Å². The zero-order valence-corrected chi connectivity index (χ0v) is 23.7. The third-order valence-electron chi connectivity index (χ3n) is 5.58. The summed E-state index contributed by atoms with van der Waals surface area (Å²) < 4.78 is 10.2. The van der Waals surface area contributed by atoms with Crippen molar-refractivity contribution < 1.29 is 33.8 Å². The number of rotatable bonds is 12. The van der Waals surface area contributed by atoms with Gasteiger partial charge in [-0.25, -0.2) is 4.79 Å². The summed E-state index contributed by atoms with van der Waals surface area (Å²) in [5.41, 5.74) is -1.17. The van der Waals surface area contributed by atoms with Crippen LogP contribution in [0.4, 0.5) is 4.79 Å². The lowest BCUT2D eigenvalue weighted by Gasteiger charge is -2.44. The molecule has 1 rings (SSSR count). The molecule has 0 spiro atoms. The number of benzene rings is 1. The monoisotopic (exact) mass is 539 g/mol. The van der Waals surface area contributed by atoms with E-state index < -0.39 is 47.1 Å². The number of carbonyl (C=O) groups excluding carboxylic acids is 4. The topological polar surface area (TPSA) is 134 Å². The van der Waals surface area contributed by atoms with E-state index >= 15 is 0 Å². The number of alkyl carbamates (subject to hydrolysis) is 1. The number of nitrogens with zero attached hydrogens (tertiary/aromatic N) is 1. The average Bonchev–Trinajstić information content (AvgIpc) is 2.80. The summed E-state index contributed by atoms with van der Waals surface area (Å²) in [6.45, 7) is 12.5. The van der Waals surface area contributed by atoms with Crippen LogP contribution in [0.5, 0.6) is 5.75 Å². The number of aromatic hydroxyl groups is 1. The highest BCUT2D eigenvalue weighted by atomic mass is 32.1. The largest absolute Gasteiger partial charge is 0.508 e. The Labute approximate surface area is 224 Å². The van der Waals surface area contributed by atoms with Crippen LogP contribution < -0.4 is 10.6 Å². The first-order valence-corrected chi connectivity index (χ1v) is 13.0. The van der Waals surface area contributed by atoms with Crippen molar-refractivity contribution in [2.75, 3.05) is 18.9 Å². The average molecular weight is 540 g/mol. The van der Waals surface area contributed by atoms with Crippen LogP contribution in [0.1, 0.15) is 72.9 Å². The predicted molar refractivity (Wildman–Crippen MR) is 143 cm³/mol. The van der Waals surface area contributed by atoms with Crippen molar-refractivity contribution in [2.45, 2.75) is 84.5 Å². The Hall–Kier alpha value is -2.95. The van der Waals surface area contributed by atoms with Crippen molar-refractivity contribution in [3.05, 3.63) is 29.8 Å². The smallest absolute Gasteiger partial charge is 0.408 e. The molecule has 0 aliphatic heterocycles. The van der Waals surface area contributed by atoms with Gasteiger partial charge >= 0.3 is 12.1 Å². The van der Waals surface area contributed by atoms with Crippen molar-refractivity contribution in [3.8, 4) is 5.75 Å². The Kier molecular flexibility index (Phi) is 12.2. The van der Waals surface area contributed by atoms with Gasteiger partial charge in [0.25, 0.3) is 0 Å². The lowest BCUT2D eigenvalue weighted by Crippen LogP contribution is -2.60. The van der Waals surface area contributed by atoms with Crippen LogP contribution in [0.3, 0.4) is 0 Å². The minimum Gasteiger partial charge on any atom is -0.508 e. The normalized spacial score (nSPS) is 13.2. The van der Waals surface area contributed by atoms with Gasteiger partial charge in [-0.1, -0.05) is 19.1 Å². The van der Waals surface area contributed by atoms with Crippen molar-refractivity contribution >= 4 is 36.5 Å². The fourth-order valence-corrected chi connectivity index (χ4v) is 3.69. The van der Waals surface area contributed by atoms with Gasteiger partial charge in [0.2, 0.25) is 11.8 Å². The molecule has 3 amide bonds. The predicted octanol–water partition coefficient (Wildman–Crippen LogP) is 3.34. The van der Waals surface area contributed by atoms with E-state index in [4.69, 9.17) is 9.47 Å². The summed E-state index contributed by atoms with van der Waals surface area (Å²) >= 11 is 4.28. The summed E-state index contributed by atoms with van der Waals surface area (Å²) in [6, 6.07) is 3.72. The molecule has 11 heteroatoms. The van der Waals surface area contributed by atoms with Gasteiger partial charge in [-0.3, -0.25) is 14.4 Å². The number of nitrogens with one attached hydrogen (secondary N) is 2. The zero-order valence-electron chi connectivity index (χ0n) is 22.8. The third kappa shape index (κ3) is 10.1. The van der Waals surface area contributed by atoms with Crippen LogP contribution >= 0.6 is 12.6 Å². The zero-order chi connectivity index (χ0) is 28.4. The van der Waals surface area contributed by atoms with E-state index in [1.165, 1.54) is 17.0 Å². The van der Waals surface area contributed by atoms with Gasteiger partial charge in [0.1, 0.15) is 23.4 Å². The lowest BCUT2D eigenvalue weighted by atomic mass is 9.92. The molecule has 0 saturated heterocycles. The van der Waals surface area contributed by atoms with Gasteiger partial charge in [-0.15, -0.1) is 0 Å². The van der Waals surface area contributed by atoms with E-state index in [1.54, 1.807) is 39.8 Å². The number of hydrogen-bond donors (Lipinski definition) is 4. The number of esters is 1. The highest BCUT2D eigenvalue weighted by Crippen LogP contribution is 2.33. The van der Waals surface area contributed by atoms with Gasteiger partial charge in [-0.05, 0) is 65.7 Å². The van der Waals surface area contributed by atoms with Gasteiger partial charge in [0, 0.05) is 17.8 Å². The van der Waals surface area contributed by atoms with E-state index in [9.17, 15) is 24.3 Å². The Bertz CT molecular complexity index is 929. The maximum absolute atomic E-state index is 13.9. The van der Waals surface area contributed by atoms with Gasteiger partial charge < -0.3 is 30.1 Å². The number of ether oxygens (including phenoxy) is 2. The van der Waals surface area contributed by atoms with Gasteiger partial charge in [0.15, 0.2) is 0 Å². The molecule has 208 valence electrons. The molecule has 2 unspecified atom stereocenters. The quantitative estimate of drug-likeness (QED) is 0.236. The highest BCUT2D eigenvalue weighted by Gasteiger charge is 2.42. The first kappa shape index (κ1) is 32.1. The minimum atomic E-state index is -1.13. The molecule has 0 radical (unpaired) electrons. The van der Waals surface area contributed by atoms with Crippen LogP contribution in [0, 0.1) is 0 Å². The molecule has 0 aromatic heterocycles. The fourth-order valence-electron chi connectivity index (χ4n) is 3.44. The molecular formula is C26H41N3O7S. The molecule has 1 aromatic carbocycles. The molecule has 10 nitrogen and oxygen atoms in total. The maximum Gasteiger partial charge on any atom is 0.408 e. The Balaban J connectivity index is 3.43. The van der Waals surface area contributed by atoms with Crippen LogP contribution in [0.25, 0.3) is 0 Å². The molecule has 3 N–H and O–H groups in total. The summed E-state index contributed by atoms with van der Waals surface area (Å²) in [5.74, 6) is -1.56. The molecule has 1 aromatic rings. The molecule has 0 bridgehead atoms. The third-order valence-corrected chi connectivity index (χ3v) is 5.94. The molecule has 0 heterocycles. The number of carbonyl (C=O) groups is 4. The van der Waals surface area contributed by atoms with Gasteiger partial charge in [-0.2, -0.15) is 12.6 Å². The first-order chi connectivity index (χ1) is 17.2. The Morgan fingerprint density at radius 3 is 2.14 bits per heavy atom. The molecule has 2 atom stereocenters. The van der Waals surface area contributed by atoms with Crippen LogP contribution in [-0.2, 0) is 23.9 Å². The van der Waals surface area contributed by atoms with Crippen LogP contribution in [0.15, 0.2) is 24.3 Å². The number of hydrogen-bond acceptors (Lipinski definition) is 8. The molecule has 0 aliphatic carbocycles. The SMILES string of the molecule is CCOC(=O)CCNC(=O)C(c1ccc(O)cc1)N(C(=O)C(CS)NC(=O)OC(C)(C)C)C(C)(C)CC. The molecule has 37 heavy (non-hydrogen) atoms. The van der Waals surface area contributed by atoms with Crippen molar-refractivity contribution in [1.29, 1.82) is 0 Å². The van der Waals surface area contributed by atoms with Crippen molar-refractivity contribution in [2.24, 2.45) is 0 Å².